The van der Waals surface area contributed by atoms with Crippen molar-refractivity contribution in [1.82, 2.24) is 5.32 Å². The molecule has 0 radical (unpaired) electrons. The summed E-state index contributed by atoms with van der Waals surface area (Å²) in [6.45, 7) is 3.99. The van der Waals surface area contributed by atoms with Crippen LogP contribution in [0.3, 0.4) is 0 Å². The molecule has 5 heteroatoms. The summed E-state index contributed by atoms with van der Waals surface area (Å²) in [7, 11) is 0. The second-order valence-corrected chi connectivity index (χ2v) is 6.44. The normalized spacial score (nSPS) is 23.2. The monoisotopic (exact) mass is 321 g/mol. The highest BCUT2D eigenvalue weighted by Crippen LogP contribution is 2.32. The van der Waals surface area contributed by atoms with Crippen molar-refractivity contribution in [2.75, 3.05) is 24.7 Å². The summed E-state index contributed by atoms with van der Waals surface area (Å²) in [6.07, 6.45) is 0.296. The van der Waals surface area contributed by atoms with Gasteiger partial charge in [0.05, 0.1) is 18.8 Å². The number of likely N-dealkylation sites (N-methyl/N-ethyl adjacent to an activating group) is 1. The molecule has 0 aromatic carbocycles. The lowest BCUT2D eigenvalue weighted by Crippen LogP contribution is -2.38. The first-order valence-corrected chi connectivity index (χ1v) is 8.36. The summed E-state index contributed by atoms with van der Waals surface area (Å²) in [5, 5.41) is 7.88. The van der Waals surface area contributed by atoms with Crippen molar-refractivity contribution in [2.45, 2.75) is 19.1 Å². The molecule has 16 heavy (non-hydrogen) atoms. The van der Waals surface area contributed by atoms with Crippen LogP contribution in [0.5, 0.6) is 0 Å². The fraction of sp³-hybridized carbons (Fsp3) is 0.636. The number of nitrogens with one attached hydrogen (secondary N) is 1. The van der Waals surface area contributed by atoms with Gasteiger partial charge in [-0.15, -0.1) is 0 Å². The lowest BCUT2D eigenvalue weighted by atomic mass is 10.1. The van der Waals surface area contributed by atoms with Crippen LogP contribution in [0, 0.1) is 0 Å². The van der Waals surface area contributed by atoms with Crippen LogP contribution in [-0.4, -0.2) is 30.8 Å². The van der Waals surface area contributed by atoms with Gasteiger partial charge in [-0.2, -0.15) is 23.1 Å². The van der Waals surface area contributed by atoms with E-state index in [4.69, 9.17) is 4.74 Å². The number of halogens is 1. The molecule has 2 unspecified atom stereocenters. The van der Waals surface area contributed by atoms with Gasteiger partial charge in [0, 0.05) is 21.4 Å². The third kappa shape index (κ3) is 3.01. The van der Waals surface area contributed by atoms with Crippen LogP contribution in [0.15, 0.2) is 15.2 Å². The van der Waals surface area contributed by atoms with Crippen LogP contribution in [0.2, 0.25) is 0 Å². The third-order valence-electron chi connectivity index (χ3n) is 2.61. The fourth-order valence-electron chi connectivity index (χ4n) is 1.87. The number of thiophene rings is 1. The van der Waals surface area contributed by atoms with E-state index >= 15 is 0 Å². The smallest absolute Gasteiger partial charge is 0.0860 e. The van der Waals surface area contributed by atoms with Gasteiger partial charge in [-0.05, 0) is 33.4 Å². The maximum atomic E-state index is 5.87. The standard InChI is InChI=1S/C11H16BrNOS2/c1-2-13-11(8-5-16-6-9(8)12)10-7-15-4-3-14-10/h5-6,10-11,13H,2-4,7H2,1H3. The maximum absolute atomic E-state index is 5.87. The Labute approximate surface area is 113 Å². The predicted octanol–water partition coefficient (Wildman–Crippen LogP) is 3.29. The zero-order chi connectivity index (χ0) is 11.4. The van der Waals surface area contributed by atoms with E-state index in [1.807, 2.05) is 11.8 Å². The number of hydrogen-bond donors (Lipinski definition) is 1. The van der Waals surface area contributed by atoms with Crippen LogP contribution < -0.4 is 5.32 Å². The molecule has 1 aliphatic heterocycles. The first-order chi connectivity index (χ1) is 7.83. The molecule has 2 heterocycles. The van der Waals surface area contributed by atoms with Gasteiger partial charge in [0.2, 0.25) is 0 Å². The van der Waals surface area contributed by atoms with Crippen LogP contribution in [-0.2, 0) is 4.74 Å². The number of hydrogen-bond acceptors (Lipinski definition) is 4. The fourth-order valence-corrected chi connectivity index (χ4v) is 4.36. The van der Waals surface area contributed by atoms with E-state index < -0.39 is 0 Å². The van der Waals surface area contributed by atoms with Gasteiger partial charge >= 0.3 is 0 Å². The topological polar surface area (TPSA) is 21.3 Å². The molecular formula is C11H16BrNOS2. The van der Waals surface area contributed by atoms with Crippen molar-refractivity contribution in [3.8, 4) is 0 Å². The molecule has 1 fully saturated rings. The van der Waals surface area contributed by atoms with Gasteiger partial charge in [-0.25, -0.2) is 0 Å². The highest BCUT2D eigenvalue weighted by Gasteiger charge is 2.27. The Morgan fingerprint density at radius 3 is 3.06 bits per heavy atom. The van der Waals surface area contributed by atoms with E-state index in [0.29, 0.717) is 12.1 Å². The highest BCUT2D eigenvalue weighted by molar-refractivity contribution is 9.10. The molecule has 1 aliphatic rings. The van der Waals surface area contributed by atoms with E-state index in [9.17, 15) is 0 Å². The zero-order valence-corrected chi connectivity index (χ0v) is 12.5. The van der Waals surface area contributed by atoms with Crippen LogP contribution in [0.4, 0.5) is 0 Å². The summed E-state index contributed by atoms with van der Waals surface area (Å²) in [4.78, 5) is 0. The molecule has 1 N–H and O–H groups in total. The molecule has 0 aliphatic carbocycles. The Morgan fingerprint density at radius 1 is 1.62 bits per heavy atom. The highest BCUT2D eigenvalue weighted by atomic mass is 79.9. The lowest BCUT2D eigenvalue weighted by Gasteiger charge is -2.30. The van der Waals surface area contributed by atoms with Gasteiger partial charge in [0.1, 0.15) is 0 Å². The molecule has 2 atom stereocenters. The summed E-state index contributed by atoms with van der Waals surface area (Å²) < 4.78 is 7.07. The largest absolute Gasteiger partial charge is 0.375 e. The van der Waals surface area contributed by atoms with Gasteiger partial charge in [0.25, 0.3) is 0 Å². The van der Waals surface area contributed by atoms with Crippen molar-refractivity contribution in [2.24, 2.45) is 0 Å². The SMILES string of the molecule is CCNC(c1cscc1Br)C1CSCCO1. The van der Waals surface area contributed by atoms with Crippen molar-refractivity contribution in [1.29, 1.82) is 0 Å². The third-order valence-corrected chi connectivity index (χ3v) is 5.39. The van der Waals surface area contributed by atoms with Gasteiger partial charge in [-0.3, -0.25) is 0 Å². The van der Waals surface area contributed by atoms with E-state index in [-0.39, 0.29) is 0 Å². The van der Waals surface area contributed by atoms with Crippen LogP contribution in [0.25, 0.3) is 0 Å². The van der Waals surface area contributed by atoms with E-state index in [1.54, 1.807) is 11.3 Å². The molecule has 0 amide bonds. The van der Waals surface area contributed by atoms with Gasteiger partial charge < -0.3 is 10.1 Å². The maximum Gasteiger partial charge on any atom is 0.0860 e. The van der Waals surface area contributed by atoms with Gasteiger partial charge in [0.15, 0.2) is 0 Å². The summed E-state index contributed by atoms with van der Waals surface area (Å²) in [6, 6.07) is 0.318. The predicted molar refractivity (Wildman–Crippen MR) is 75.5 cm³/mol. The zero-order valence-electron chi connectivity index (χ0n) is 9.24. The Hall–Kier alpha value is 0.450. The molecule has 1 aromatic heterocycles. The average molecular weight is 322 g/mol. The Bertz CT molecular complexity index is 326. The number of ether oxygens (including phenoxy) is 1. The molecular weight excluding hydrogens is 306 g/mol. The second-order valence-electron chi connectivity index (χ2n) is 3.69. The summed E-state index contributed by atoms with van der Waals surface area (Å²) in [5.74, 6) is 2.21. The lowest BCUT2D eigenvalue weighted by molar-refractivity contribution is 0.0471. The molecule has 1 saturated heterocycles. The summed E-state index contributed by atoms with van der Waals surface area (Å²) >= 11 is 7.33. The molecule has 0 spiro atoms. The molecule has 1 aromatic rings. The molecule has 2 rings (SSSR count). The van der Waals surface area contributed by atoms with Gasteiger partial charge in [-0.1, -0.05) is 6.92 Å². The Morgan fingerprint density at radius 2 is 2.50 bits per heavy atom. The summed E-state index contributed by atoms with van der Waals surface area (Å²) in [5.41, 5.74) is 1.33. The quantitative estimate of drug-likeness (QED) is 0.919. The van der Waals surface area contributed by atoms with Crippen molar-refractivity contribution >= 4 is 39.0 Å². The first-order valence-electron chi connectivity index (χ1n) is 5.47. The van der Waals surface area contributed by atoms with Crippen molar-refractivity contribution in [3.63, 3.8) is 0 Å². The first kappa shape index (κ1) is 12.9. The minimum Gasteiger partial charge on any atom is -0.375 e. The van der Waals surface area contributed by atoms with E-state index in [0.717, 1.165) is 24.7 Å². The average Bonchev–Trinajstić information content (AvgIpc) is 2.73. The van der Waals surface area contributed by atoms with E-state index in [1.165, 1.54) is 10.0 Å². The second kappa shape index (κ2) is 6.40. The molecule has 90 valence electrons. The molecule has 0 bridgehead atoms. The Kier molecular flexibility index (Phi) is 5.16. The number of thioether (sulfide) groups is 1. The van der Waals surface area contributed by atoms with Crippen molar-refractivity contribution < 1.29 is 4.74 Å². The minimum atomic E-state index is 0.296. The minimum absolute atomic E-state index is 0.296. The number of rotatable bonds is 4. The van der Waals surface area contributed by atoms with Crippen LogP contribution >= 0.6 is 39.0 Å². The molecule has 2 nitrogen and oxygen atoms in total. The van der Waals surface area contributed by atoms with E-state index in [2.05, 4.69) is 38.9 Å². The Balaban J connectivity index is 2.12. The van der Waals surface area contributed by atoms with Crippen molar-refractivity contribution in [3.05, 3.63) is 20.8 Å². The molecule has 0 saturated carbocycles. The van der Waals surface area contributed by atoms with Crippen LogP contribution in [0.1, 0.15) is 18.5 Å².